The zero-order valence-corrected chi connectivity index (χ0v) is 28.2. The maximum absolute atomic E-state index is 5.27. The van der Waals surface area contributed by atoms with Crippen molar-refractivity contribution >= 4 is 75.1 Å². The van der Waals surface area contributed by atoms with Gasteiger partial charge in [-0.25, -0.2) is 9.97 Å². The van der Waals surface area contributed by atoms with Crippen molar-refractivity contribution in [1.29, 1.82) is 0 Å². The largest absolute Gasteiger partial charge is 0.309 e. The molecule has 0 bridgehead atoms. The summed E-state index contributed by atoms with van der Waals surface area (Å²) >= 11 is 1.89. The minimum atomic E-state index is 0.698. The first-order valence-corrected chi connectivity index (χ1v) is 18.0. The molecule has 0 aliphatic carbocycles. The molecule has 0 spiro atoms. The molecular weight excluding hydrogens is 641 g/mol. The predicted molar refractivity (Wildman–Crippen MR) is 214 cm³/mol. The number of para-hydroxylation sites is 2. The summed E-state index contributed by atoms with van der Waals surface area (Å²) in [5.41, 5.74) is 8.63. The highest BCUT2D eigenvalue weighted by Crippen LogP contribution is 2.44. The summed E-state index contributed by atoms with van der Waals surface area (Å²) in [5.74, 6) is 1.53. The van der Waals surface area contributed by atoms with Crippen molar-refractivity contribution < 1.29 is 0 Å². The molecule has 4 heterocycles. The summed E-state index contributed by atoms with van der Waals surface area (Å²) in [6.45, 7) is 0. The molecule has 51 heavy (non-hydrogen) atoms. The molecular formula is C46H28N4S. The molecule has 7 aromatic carbocycles. The Kier molecular flexibility index (Phi) is 6.09. The number of hydrogen-bond donors (Lipinski definition) is 0. The van der Waals surface area contributed by atoms with E-state index < -0.39 is 0 Å². The Morgan fingerprint density at radius 1 is 0.412 bits per heavy atom. The Morgan fingerprint density at radius 3 is 1.84 bits per heavy atom. The first-order chi connectivity index (χ1) is 25.3. The molecule has 5 heteroatoms. The second-order valence-electron chi connectivity index (χ2n) is 13.0. The van der Waals surface area contributed by atoms with Gasteiger partial charge in [-0.1, -0.05) is 127 Å². The van der Waals surface area contributed by atoms with Crippen LogP contribution in [0.2, 0.25) is 0 Å². The molecule has 4 nitrogen and oxygen atoms in total. The maximum Gasteiger partial charge on any atom is 0.162 e. The van der Waals surface area contributed by atoms with E-state index in [0.29, 0.717) is 5.82 Å². The van der Waals surface area contributed by atoms with Gasteiger partial charge in [-0.05, 0) is 36.4 Å². The lowest BCUT2D eigenvalue weighted by Gasteiger charge is -2.13. The molecule has 0 saturated carbocycles. The SMILES string of the molecule is c1ccc(-c2cc(-n3c4ccccc4c4ccc(-n5c6ccccc6c6c7sc8ccccc8c7ccc65)cc43)nc(-c3ccccc3)n2)cc1. The lowest BCUT2D eigenvalue weighted by atomic mass is 10.1. The third kappa shape index (κ3) is 4.25. The van der Waals surface area contributed by atoms with Crippen LogP contribution in [0.15, 0.2) is 170 Å². The van der Waals surface area contributed by atoms with Gasteiger partial charge in [-0.15, -0.1) is 11.3 Å². The standard InChI is InChI=1S/C46H28N4S/c1-3-13-29(14-4-1)37-28-43(48-46(47-37)30-15-5-2-6-16-30)50-38-20-10-7-17-32(38)33-24-23-31(27-41(33)50)49-39-21-11-8-19-36(39)44-40(49)26-25-35-34-18-9-12-22-42(34)51-45(35)44/h1-28H. The van der Waals surface area contributed by atoms with Gasteiger partial charge >= 0.3 is 0 Å². The van der Waals surface area contributed by atoms with Gasteiger partial charge < -0.3 is 4.57 Å². The minimum absolute atomic E-state index is 0.698. The summed E-state index contributed by atoms with van der Waals surface area (Å²) in [6, 6.07) is 60.5. The average Bonchev–Trinajstić information content (AvgIpc) is 3.86. The molecule has 11 aromatic rings. The highest BCUT2D eigenvalue weighted by molar-refractivity contribution is 7.26. The van der Waals surface area contributed by atoms with E-state index >= 15 is 0 Å². The molecule has 4 aromatic heterocycles. The van der Waals surface area contributed by atoms with Crippen LogP contribution >= 0.6 is 11.3 Å². The molecule has 0 atom stereocenters. The predicted octanol–water partition coefficient (Wildman–Crippen LogP) is 12.4. The van der Waals surface area contributed by atoms with Crippen LogP contribution < -0.4 is 0 Å². The fourth-order valence-electron chi connectivity index (χ4n) is 7.88. The van der Waals surface area contributed by atoms with E-state index in [1.165, 1.54) is 52.8 Å². The molecule has 0 amide bonds. The van der Waals surface area contributed by atoms with Crippen LogP contribution in [-0.2, 0) is 0 Å². The minimum Gasteiger partial charge on any atom is -0.309 e. The fourth-order valence-corrected chi connectivity index (χ4v) is 9.14. The van der Waals surface area contributed by atoms with Crippen LogP contribution in [0.4, 0.5) is 0 Å². The van der Waals surface area contributed by atoms with Crippen molar-refractivity contribution in [3.05, 3.63) is 170 Å². The van der Waals surface area contributed by atoms with Gasteiger partial charge in [0, 0.05) is 64.6 Å². The number of hydrogen-bond acceptors (Lipinski definition) is 3. The fraction of sp³-hybridized carbons (Fsp3) is 0. The molecule has 0 aliphatic rings. The molecule has 0 fully saturated rings. The molecule has 0 saturated heterocycles. The monoisotopic (exact) mass is 668 g/mol. The summed E-state index contributed by atoms with van der Waals surface area (Å²) < 4.78 is 7.40. The van der Waals surface area contributed by atoms with Crippen LogP contribution in [0.25, 0.3) is 97.9 Å². The zero-order valence-electron chi connectivity index (χ0n) is 27.4. The van der Waals surface area contributed by atoms with Gasteiger partial charge in [0.2, 0.25) is 0 Å². The van der Waals surface area contributed by atoms with E-state index in [1.54, 1.807) is 0 Å². The van der Waals surface area contributed by atoms with Gasteiger partial charge in [0.25, 0.3) is 0 Å². The van der Waals surface area contributed by atoms with Crippen molar-refractivity contribution in [3.63, 3.8) is 0 Å². The Hall–Kier alpha value is -6.56. The van der Waals surface area contributed by atoms with Gasteiger partial charge in [-0.2, -0.15) is 0 Å². The third-order valence-corrected chi connectivity index (χ3v) is 11.3. The first kappa shape index (κ1) is 28.3. The van der Waals surface area contributed by atoms with Crippen molar-refractivity contribution in [2.75, 3.05) is 0 Å². The summed E-state index contributed by atoms with van der Waals surface area (Å²) in [6.07, 6.45) is 0. The Balaban J connectivity index is 1.21. The van der Waals surface area contributed by atoms with Crippen molar-refractivity contribution in [2.24, 2.45) is 0 Å². The number of nitrogens with zero attached hydrogens (tertiary/aromatic N) is 4. The topological polar surface area (TPSA) is 35.6 Å². The van der Waals surface area contributed by atoms with Crippen LogP contribution in [0.3, 0.4) is 0 Å². The number of benzene rings is 7. The molecule has 0 N–H and O–H groups in total. The summed E-state index contributed by atoms with van der Waals surface area (Å²) in [5, 5.41) is 7.57. The van der Waals surface area contributed by atoms with E-state index in [4.69, 9.17) is 9.97 Å². The molecule has 0 aliphatic heterocycles. The van der Waals surface area contributed by atoms with Crippen molar-refractivity contribution in [3.8, 4) is 34.2 Å². The van der Waals surface area contributed by atoms with Crippen LogP contribution in [-0.4, -0.2) is 19.1 Å². The second-order valence-corrected chi connectivity index (χ2v) is 14.1. The Morgan fingerprint density at radius 2 is 1.04 bits per heavy atom. The van der Waals surface area contributed by atoms with Crippen molar-refractivity contribution in [2.45, 2.75) is 0 Å². The van der Waals surface area contributed by atoms with Crippen LogP contribution in [0.5, 0.6) is 0 Å². The van der Waals surface area contributed by atoms with Gasteiger partial charge in [0.1, 0.15) is 5.82 Å². The van der Waals surface area contributed by atoms with Gasteiger partial charge in [0.15, 0.2) is 5.82 Å². The van der Waals surface area contributed by atoms with Crippen LogP contribution in [0.1, 0.15) is 0 Å². The summed E-state index contributed by atoms with van der Waals surface area (Å²) in [4.78, 5) is 10.3. The second kappa shape index (κ2) is 11.0. The maximum atomic E-state index is 5.27. The highest BCUT2D eigenvalue weighted by atomic mass is 32.1. The number of rotatable bonds is 4. The Bertz CT molecular complexity index is 3080. The third-order valence-electron chi connectivity index (χ3n) is 10.1. The lowest BCUT2D eigenvalue weighted by Crippen LogP contribution is -2.03. The molecule has 0 unspecified atom stereocenters. The van der Waals surface area contributed by atoms with E-state index in [0.717, 1.165) is 39.4 Å². The average molecular weight is 669 g/mol. The number of aromatic nitrogens is 4. The Labute approximate surface area is 297 Å². The molecule has 238 valence electrons. The lowest BCUT2D eigenvalue weighted by molar-refractivity contribution is 1.05. The van der Waals surface area contributed by atoms with E-state index in [9.17, 15) is 0 Å². The molecule has 0 radical (unpaired) electrons. The highest BCUT2D eigenvalue weighted by Gasteiger charge is 2.20. The molecule has 11 rings (SSSR count). The number of fused-ring (bicyclic) bond motifs is 10. The summed E-state index contributed by atoms with van der Waals surface area (Å²) in [7, 11) is 0. The zero-order chi connectivity index (χ0) is 33.5. The van der Waals surface area contributed by atoms with Crippen LogP contribution in [0, 0.1) is 0 Å². The van der Waals surface area contributed by atoms with Crippen molar-refractivity contribution in [1.82, 2.24) is 19.1 Å². The number of thiophene rings is 1. The quantitative estimate of drug-likeness (QED) is 0.187. The van der Waals surface area contributed by atoms with E-state index in [1.807, 2.05) is 35.6 Å². The van der Waals surface area contributed by atoms with E-state index in [2.05, 4.69) is 155 Å². The van der Waals surface area contributed by atoms with Gasteiger partial charge in [-0.3, -0.25) is 4.57 Å². The smallest absolute Gasteiger partial charge is 0.162 e. The van der Waals surface area contributed by atoms with E-state index in [-0.39, 0.29) is 0 Å². The first-order valence-electron chi connectivity index (χ1n) is 17.2. The normalized spacial score (nSPS) is 11.9. The van der Waals surface area contributed by atoms with Gasteiger partial charge in [0.05, 0.1) is 27.8 Å².